The molecule has 0 amide bonds. The van der Waals surface area contributed by atoms with E-state index in [0.29, 0.717) is 5.92 Å². The summed E-state index contributed by atoms with van der Waals surface area (Å²) in [6.07, 6.45) is 4.16. The fraction of sp³-hybridized carbons (Fsp3) is 0.500. The van der Waals surface area contributed by atoms with Gasteiger partial charge < -0.3 is 10.2 Å². The first kappa shape index (κ1) is 14.5. The second-order valence-corrected chi connectivity index (χ2v) is 6.73. The normalized spacial score (nSPS) is 18.7. The number of anilines is 1. The number of thiophene rings is 1. The summed E-state index contributed by atoms with van der Waals surface area (Å²) in [5.74, 6) is 1.54. The third kappa shape index (κ3) is 3.41. The van der Waals surface area contributed by atoms with E-state index in [2.05, 4.69) is 51.7 Å². The minimum absolute atomic E-state index is 0.525. The molecular formula is C16H22N4S. The molecule has 0 bridgehead atoms. The van der Waals surface area contributed by atoms with E-state index in [1.165, 1.54) is 29.0 Å². The molecule has 1 aliphatic rings. The van der Waals surface area contributed by atoms with Crippen LogP contribution >= 0.6 is 11.3 Å². The molecule has 4 nitrogen and oxygen atoms in total. The SMILES string of the molecule is Cc1ccsc1CN(C)c1cc(C2CCCNC2)ncn1. The molecule has 0 aliphatic carbocycles. The zero-order valence-electron chi connectivity index (χ0n) is 12.7. The molecule has 1 atom stereocenters. The van der Waals surface area contributed by atoms with E-state index in [1.54, 1.807) is 6.33 Å². The van der Waals surface area contributed by atoms with Crippen LogP contribution in [0.15, 0.2) is 23.8 Å². The Labute approximate surface area is 130 Å². The summed E-state index contributed by atoms with van der Waals surface area (Å²) >= 11 is 1.81. The minimum atomic E-state index is 0.525. The third-order valence-electron chi connectivity index (χ3n) is 4.13. The number of nitrogens with zero attached hydrogens (tertiary/aromatic N) is 3. The molecule has 0 radical (unpaired) electrons. The molecule has 2 aromatic heterocycles. The molecule has 5 heteroatoms. The summed E-state index contributed by atoms with van der Waals surface area (Å²) in [5.41, 5.74) is 2.53. The first-order valence-electron chi connectivity index (χ1n) is 7.51. The van der Waals surface area contributed by atoms with Crippen molar-refractivity contribution in [2.24, 2.45) is 0 Å². The number of piperidine rings is 1. The van der Waals surface area contributed by atoms with Crippen molar-refractivity contribution in [3.8, 4) is 0 Å². The van der Waals surface area contributed by atoms with Crippen molar-refractivity contribution in [1.82, 2.24) is 15.3 Å². The molecule has 1 N–H and O–H groups in total. The molecule has 21 heavy (non-hydrogen) atoms. The van der Waals surface area contributed by atoms with Gasteiger partial charge in [-0.2, -0.15) is 0 Å². The zero-order chi connectivity index (χ0) is 14.7. The van der Waals surface area contributed by atoms with Crippen LogP contribution in [0.3, 0.4) is 0 Å². The lowest BCUT2D eigenvalue weighted by molar-refractivity contribution is 0.454. The molecular weight excluding hydrogens is 280 g/mol. The number of hydrogen-bond acceptors (Lipinski definition) is 5. The predicted octanol–water partition coefficient (Wildman–Crippen LogP) is 2.95. The number of aryl methyl sites for hydroxylation is 1. The van der Waals surface area contributed by atoms with E-state index in [4.69, 9.17) is 0 Å². The topological polar surface area (TPSA) is 41.0 Å². The third-order valence-corrected chi connectivity index (χ3v) is 5.14. The maximum Gasteiger partial charge on any atom is 0.132 e. The van der Waals surface area contributed by atoms with Gasteiger partial charge in [0.25, 0.3) is 0 Å². The van der Waals surface area contributed by atoms with Crippen molar-refractivity contribution < 1.29 is 0 Å². The second kappa shape index (κ2) is 6.54. The summed E-state index contributed by atoms with van der Waals surface area (Å²) in [5, 5.41) is 5.60. The van der Waals surface area contributed by atoms with Crippen LogP contribution in [0.2, 0.25) is 0 Å². The summed E-state index contributed by atoms with van der Waals surface area (Å²) in [6.45, 7) is 5.23. The largest absolute Gasteiger partial charge is 0.354 e. The van der Waals surface area contributed by atoms with E-state index >= 15 is 0 Å². The lowest BCUT2D eigenvalue weighted by atomic mass is 9.96. The van der Waals surface area contributed by atoms with Crippen LogP contribution in [-0.4, -0.2) is 30.1 Å². The molecule has 1 saturated heterocycles. The van der Waals surface area contributed by atoms with Gasteiger partial charge >= 0.3 is 0 Å². The van der Waals surface area contributed by atoms with Crippen LogP contribution in [0, 0.1) is 6.92 Å². The van der Waals surface area contributed by atoms with E-state index in [-0.39, 0.29) is 0 Å². The van der Waals surface area contributed by atoms with Crippen LogP contribution in [0.1, 0.15) is 34.9 Å². The monoisotopic (exact) mass is 302 g/mol. The van der Waals surface area contributed by atoms with Crippen LogP contribution in [0.25, 0.3) is 0 Å². The lowest BCUT2D eigenvalue weighted by Crippen LogP contribution is -2.29. The maximum atomic E-state index is 4.48. The first-order chi connectivity index (χ1) is 10.2. The van der Waals surface area contributed by atoms with E-state index in [0.717, 1.165) is 25.5 Å². The van der Waals surface area contributed by atoms with Gasteiger partial charge in [-0.15, -0.1) is 11.3 Å². The molecule has 0 saturated carbocycles. The van der Waals surface area contributed by atoms with Crippen LogP contribution < -0.4 is 10.2 Å². The highest BCUT2D eigenvalue weighted by Gasteiger charge is 2.17. The van der Waals surface area contributed by atoms with Crippen molar-refractivity contribution in [3.05, 3.63) is 40.0 Å². The van der Waals surface area contributed by atoms with Crippen LogP contribution in [0.4, 0.5) is 5.82 Å². The molecule has 0 spiro atoms. The van der Waals surface area contributed by atoms with Gasteiger partial charge in [0.15, 0.2) is 0 Å². The highest BCUT2D eigenvalue weighted by molar-refractivity contribution is 7.10. The van der Waals surface area contributed by atoms with Gasteiger partial charge in [0.1, 0.15) is 12.1 Å². The maximum absolute atomic E-state index is 4.48. The fourth-order valence-corrected chi connectivity index (χ4v) is 3.72. The van der Waals surface area contributed by atoms with E-state index in [9.17, 15) is 0 Å². The molecule has 0 aromatic carbocycles. The summed E-state index contributed by atoms with van der Waals surface area (Å²) in [6, 6.07) is 4.33. The highest BCUT2D eigenvalue weighted by Crippen LogP contribution is 2.25. The van der Waals surface area contributed by atoms with Crippen LogP contribution in [0.5, 0.6) is 0 Å². The Morgan fingerprint density at radius 1 is 1.43 bits per heavy atom. The van der Waals surface area contributed by atoms with Gasteiger partial charge in [-0.1, -0.05) is 0 Å². The Morgan fingerprint density at radius 3 is 3.05 bits per heavy atom. The molecule has 1 fully saturated rings. The van der Waals surface area contributed by atoms with Crippen molar-refractivity contribution in [1.29, 1.82) is 0 Å². The summed E-state index contributed by atoms with van der Waals surface area (Å²) in [4.78, 5) is 12.5. The number of nitrogens with one attached hydrogen (secondary N) is 1. The Balaban J connectivity index is 1.74. The minimum Gasteiger partial charge on any atom is -0.354 e. The van der Waals surface area contributed by atoms with E-state index in [1.807, 2.05) is 11.3 Å². The Bertz CT molecular complexity index is 589. The van der Waals surface area contributed by atoms with E-state index < -0.39 is 0 Å². The molecule has 2 aromatic rings. The molecule has 1 aliphatic heterocycles. The summed E-state index contributed by atoms with van der Waals surface area (Å²) < 4.78 is 0. The number of rotatable bonds is 4. The lowest BCUT2D eigenvalue weighted by Gasteiger charge is -2.24. The molecule has 1 unspecified atom stereocenters. The van der Waals surface area contributed by atoms with Gasteiger partial charge in [-0.25, -0.2) is 9.97 Å². The van der Waals surface area contributed by atoms with Gasteiger partial charge in [0, 0.05) is 30.5 Å². The zero-order valence-corrected chi connectivity index (χ0v) is 13.5. The molecule has 3 rings (SSSR count). The number of hydrogen-bond donors (Lipinski definition) is 1. The predicted molar refractivity (Wildman–Crippen MR) is 88.0 cm³/mol. The molecule has 3 heterocycles. The Hall–Kier alpha value is -1.46. The second-order valence-electron chi connectivity index (χ2n) is 5.73. The Kier molecular flexibility index (Phi) is 4.51. The first-order valence-corrected chi connectivity index (χ1v) is 8.39. The van der Waals surface area contributed by atoms with Gasteiger partial charge in [-0.05, 0) is 43.3 Å². The highest BCUT2D eigenvalue weighted by atomic mass is 32.1. The average molecular weight is 302 g/mol. The standard InChI is InChI=1S/C16H22N4S/c1-12-5-7-21-15(12)10-20(2)16-8-14(18-11-19-16)13-4-3-6-17-9-13/h5,7-8,11,13,17H,3-4,6,9-10H2,1-2H3. The molecule has 112 valence electrons. The van der Waals surface area contributed by atoms with Crippen molar-refractivity contribution in [2.75, 3.05) is 25.0 Å². The van der Waals surface area contributed by atoms with Crippen molar-refractivity contribution in [3.63, 3.8) is 0 Å². The number of aromatic nitrogens is 2. The quantitative estimate of drug-likeness (QED) is 0.943. The van der Waals surface area contributed by atoms with Crippen molar-refractivity contribution >= 4 is 17.2 Å². The van der Waals surface area contributed by atoms with Gasteiger partial charge in [-0.3, -0.25) is 0 Å². The van der Waals surface area contributed by atoms with Crippen LogP contribution in [-0.2, 0) is 6.54 Å². The smallest absolute Gasteiger partial charge is 0.132 e. The van der Waals surface area contributed by atoms with Gasteiger partial charge in [0.05, 0.1) is 12.2 Å². The average Bonchev–Trinajstić information content (AvgIpc) is 2.93. The van der Waals surface area contributed by atoms with Gasteiger partial charge in [0.2, 0.25) is 0 Å². The Morgan fingerprint density at radius 2 is 2.33 bits per heavy atom. The van der Waals surface area contributed by atoms with Crippen molar-refractivity contribution in [2.45, 2.75) is 32.2 Å². The fourth-order valence-electron chi connectivity index (χ4n) is 2.76. The summed E-state index contributed by atoms with van der Waals surface area (Å²) in [7, 11) is 2.10.